The summed E-state index contributed by atoms with van der Waals surface area (Å²) in [6.45, 7) is 2.45. The maximum absolute atomic E-state index is 13.3. The van der Waals surface area contributed by atoms with Crippen molar-refractivity contribution in [1.82, 2.24) is 5.32 Å². The second kappa shape index (κ2) is 19.6. The number of carbonyl (C=O) groups is 3. The van der Waals surface area contributed by atoms with Gasteiger partial charge in [-0.2, -0.15) is 0 Å². The minimum Gasteiger partial charge on any atom is -1.00 e. The first kappa shape index (κ1) is 37.5. The molecule has 0 aliphatic heterocycles. The van der Waals surface area contributed by atoms with Gasteiger partial charge in [-0.3, -0.25) is 14.4 Å². The van der Waals surface area contributed by atoms with Gasteiger partial charge in [-0.15, -0.1) is 11.6 Å². The van der Waals surface area contributed by atoms with Gasteiger partial charge in [0.1, 0.15) is 12.0 Å². The molecule has 4 unspecified atom stereocenters. The van der Waals surface area contributed by atoms with Gasteiger partial charge in [0.15, 0.2) is 5.38 Å². The Balaban J connectivity index is 0.00000760. The van der Waals surface area contributed by atoms with Crippen LogP contribution in [0.1, 0.15) is 57.5 Å². The first-order valence-corrected chi connectivity index (χ1v) is 16.0. The van der Waals surface area contributed by atoms with E-state index in [9.17, 15) is 19.5 Å². The van der Waals surface area contributed by atoms with E-state index < -0.39 is 35.3 Å². The Morgan fingerprint density at radius 3 is 2.26 bits per heavy atom. The Hall–Kier alpha value is 0.450. The average molecular weight is 905 g/mol. The molecule has 39 heavy (non-hydrogen) atoms. The van der Waals surface area contributed by atoms with Gasteiger partial charge in [-0.25, -0.2) is 0 Å². The summed E-state index contributed by atoms with van der Waals surface area (Å²) in [5, 5.41) is 11.6. The third-order valence-electron chi connectivity index (χ3n) is 6.08. The number of Topliss-reactive ketones (excluding diaryl/α,β-unsaturated/α-hetero) is 1. The van der Waals surface area contributed by atoms with Gasteiger partial charge in [0.25, 0.3) is 0 Å². The standard InChI is InChI=1S/C27H32ClI3N2O5.Na.H/c1-2-18(27(36)37)22(23-19(30)13-17(29)14-20(23)31)21(34)11-7-4-8-12-33-26(35)24(28)25(32)38-15-16-9-5-3-6-10-16;;/h3,5-6,9-10,13-14,18,22,24-25H,2,4,7-8,11-12,15,32H2,1H3,(H,33,35)(H,36,37);;/q;+1;-1. The fourth-order valence-corrected chi connectivity index (χ4v) is 8.46. The molecule has 0 aliphatic carbocycles. The van der Waals surface area contributed by atoms with Gasteiger partial charge in [-0.1, -0.05) is 43.7 Å². The second-order valence-electron chi connectivity index (χ2n) is 8.84. The van der Waals surface area contributed by atoms with Crippen molar-refractivity contribution in [1.29, 1.82) is 0 Å². The van der Waals surface area contributed by atoms with Crippen LogP contribution in [-0.2, 0) is 25.7 Å². The van der Waals surface area contributed by atoms with Gasteiger partial charge < -0.3 is 22.3 Å². The van der Waals surface area contributed by atoms with Crippen LogP contribution in [0.25, 0.3) is 0 Å². The van der Waals surface area contributed by atoms with Crippen LogP contribution in [0.2, 0.25) is 0 Å². The van der Waals surface area contributed by atoms with Gasteiger partial charge in [-0.05, 0) is 110 Å². The Morgan fingerprint density at radius 1 is 1.08 bits per heavy atom. The number of hydrogen-bond acceptors (Lipinski definition) is 5. The van der Waals surface area contributed by atoms with E-state index in [0.717, 1.165) is 21.8 Å². The molecule has 210 valence electrons. The molecule has 12 heteroatoms. The fraction of sp³-hybridized carbons (Fsp3) is 0.444. The molecule has 2 aromatic rings. The molecule has 0 heterocycles. The number of rotatable bonds is 16. The topological polar surface area (TPSA) is 119 Å². The van der Waals surface area contributed by atoms with Gasteiger partial charge in [0.2, 0.25) is 5.91 Å². The van der Waals surface area contributed by atoms with E-state index in [1.807, 2.05) is 42.5 Å². The molecule has 4 atom stereocenters. The summed E-state index contributed by atoms with van der Waals surface area (Å²) < 4.78 is 8.36. The SMILES string of the molecule is CCC(C(=O)O)C(C(=O)CCCCCNC(=O)C(Cl)C(N)OCc1ccccc1)c1c(I)cc(I)cc1I.[H-].[Na+]. The molecule has 0 spiro atoms. The summed E-state index contributed by atoms with van der Waals surface area (Å²) in [6, 6.07) is 13.4. The van der Waals surface area contributed by atoms with Gasteiger partial charge in [0, 0.05) is 23.7 Å². The monoisotopic (exact) mass is 904 g/mol. The van der Waals surface area contributed by atoms with Crippen molar-refractivity contribution in [2.45, 2.75) is 63.2 Å². The van der Waals surface area contributed by atoms with Crippen LogP contribution < -0.4 is 40.6 Å². The average Bonchev–Trinajstić information content (AvgIpc) is 2.87. The number of benzene rings is 2. The number of halogens is 4. The largest absolute Gasteiger partial charge is 1.00 e. The molecule has 1 amide bonds. The number of carboxylic acid groups (broad SMARTS) is 1. The van der Waals surface area contributed by atoms with Gasteiger partial charge >= 0.3 is 35.5 Å². The van der Waals surface area contributed by atoms with Crippen LogP contribution in [0.4, 0.5) is 0 Å². The molecule has 0 fully saturated rings. The summed E-state index contributed by atoms with van der Waals surface area (Å²) in [5.41, 5.74) is 7.66. The Kier molecular flexibility index (Phi) is 18.8. The third-order valence-corrected chi connectivity index (χ3v) is 8.94. The molecular formula is C27H33ClI3N2NaO5. The quantitative estimate of drug-likeness (QED) is 0.0785. The second-order valence-corrected chi connectivity index (χ2v) is 12.9. The number of aliphatic carboxylic acids is 1. The molecular weight excluding hydrogens is 871 g/mol. The van der Waals surface area contributed by atoms with E-state index in [0.29, 0.717) is 32.2 Å². The van der Waals surface area contributed by atoms with Crippen molar-refractivity contribution >= 4 is 97.0 Å². The third kappa shape index (κ3) is 12.3. The van der Waals surface area contributed by atoms with E-state index in [2.05, 4.69) is 73.1 Å². The molecule has 4 N–H and O–H groups in total. The zero-order valence-corrected chi connectivity index (χ0v) is 31.2. The predicted octanol–water partition coefficient (Wildman–Crippen LogP) is 3.17. The summed E-state index contributed by atoms with van der Waals surface area (Å²) in [7, 11) is 0. The van der Waals surface area contributed by atoms with E-state index in [4.69, 9.17) is 22.1 Å². The number of ether oxygens (including phenoxy) is 1. The molecule has 0 aliphatic rings. The molecule has 0 aromatic heterocycles. The minimum absolute atomic E-state index is 0. The number of nitrogens with two attached hydrogens (primary N) is 1. The van der Waals surface area contributed by atoms with Crippen LogP contribution in [0, 0.1) is 16.6 Å². The molecule has 0 saturated heterocycles. The number of amides is 1. The number of carboxylic acids is 1. The molecule has 0 bridgehead atoms. The first-order valence-electron chi connectivity index (χ1n) is 12.3. The van der Waals surface area contributed by atoms with E-state index in [1.54, 1.807) is 6.92 Å². The van der Waals surface area contributed by atoms with Crippen LogP contribution in [0.3, 0.4) is 0 Å². The molecule has 0 saturated carbocycles. The first-order chi connectivity index (χ1) is 18.1. The number of alkyl halides is 1. The Labute approximate surface area is 299 Å². The summed E-state index contributed by atoms with van der Waals surface area (Å²) in [5.74, 6) is -2.90. The predicted molar refractivity (Wildman–Crippen MR) is 175 cm³/mol. The number of carbonyl (C=O) groups excluding carboxylic acids is 2. The zero-order valence-electron chi connectivity index (χ0n) is 23.0. The van der Waals surface area contributed by atoms with Crippen molar-refractivity contribution in [2.75, 3.05) is 6.54 Å². The van der Waals surface area contributed by atoms with E-state index >= 15 is 0 Å². The van der Waals surface area contributed by atoms with Crippen molar-refractivity contribution in [3.05, 3.63) is 64.3 Å². The molecule has 0 radical (unpaired) electrons. The Bertz CT molecular complexity index is 1080. The summed E-state index contributed by atoms with van der Waals surface area (Å²) in [4.78, 5) is 37.7. The summed E-state index contributed by atoms with van der Waals surface area (Å²) in [6.07, 6.45) is 1.65. The van der Waals surface area contributed by atoms with E-state index in [1.165, 1.54) is 0 Å². The van der Waals surface area contributed by atoms with Crippen LogP contribution in [-0.4, -0.2) is 40.9 Å². The van der Waals surface area contributed by atoms with Crippen molar-refractivity contribution < 1.29 is 55.2 Å². The fourth-order valence-electron chi connectivity index (χ4n) is 4.06. The smallest absolute Gasteiger partial charge is 1.00 e. The molecule has 7 nitrogen and oxygen atoms in total. The van der Waals surface area contributed by atoms with Crippen molar-refractivity contribution in [3.8, 4) is 0 Å². The normalized spacial score (nSPS) is 14.0. The van der Waals surface area contributed by atoms with Crippen LogP contribution in [0.15, 0.2) is 42.5 Å². The van der Waals surface area contributed by atoms with Crippen molar-refractivity contribution in [2.24, 2.45) is 11.7 Å². The van der Waals surface area contributed by atoms with Gasteiger partial charge in [0.05, 0.1) is 18.4 Å². The number of nitrogens with one attached hydrogen (secondary N) is 1. The summed E-state index contributed by atoms with van der Waals surface area (Å²) >= 11 is 12.8. The van der Waals surface area contributed by atoms with Crippen LogP contribution >= 0.6 is 79.4 Å². The molecule has 2 rings (SSSR count). The number of unbranched alkanes of at least 4 members (excludes halogenated alkanes) is 2. The maximum Gasteiger partial charge on any atom is 1.00 e. The van der Waals surface area contributed by atoms with E-state index in [-0.39, 0.29) is 49.8 Å². The molecule has 2 aromatic carbocycles. The number of hydrogen-bond donors (Lipinski definition) is 3. The van der Waals surface area contributed by atoms with Crippen molar-refractivity contribution in [3.63, 3.8) is 0 Å². The minimum atomic E-state index is -1.03. The Morgan fingerprint density at radius 2 is 1.69 bits per heavy atom. The maximum atomic E-state index is 13.3. The zero-order chi connectivity index (χ0) is 28.2. The van der Waals surface area contributed by atoms with Crippen LogP contribution in [0.5, 0.6) is 0 Å². The number of ketones is 1.